The summed E-state index contributed by atoms with van der Waals surface area (Å²) in [6.45, 7) is 6.56. The van der Waals surface area contributed by atoms with Crippen LogP contribution in [0.4, 0.5) is 4.79 Å². The fraction of sp³-hybridized carbons (Fsp3) is 0.400. The lowest BCUT2D eigenvalue weighted by Crippen LogP contribution is -2.39. The molecule has 0 saturated heterocycles. The summed E-state index contributed by atoms with van der Waals surface area (Å²) in [5, 5.41) is 9.41. The summed E-state index contributed by atoms with van der Waals surface area (Å²) < 4.78 is 7.58. The summed E-state index contributed by atoms with van der Waals surface area (Å²) in [6.07, 6.45) is 11.7. The van der Waals surface area contributed by atoms with Gasteiger partial charge >= 0.3 is 6.09 Å². The number of carbonyl (C=O) groups excluding carboxylic acids is 1. The fourth-order valence-electron chi connectivity index (χ4n) is 4.26. The maximum Gasteiger partial charge on any atom is 0.407 e. The van der Waals surface area contributed by atoms with Gasteiger partial charge in [-0.25, -0.2) is 4.79 Å². The zero-order chi connectivity index (χ0) is 23.8. The van der Waals surface area contributed by atoms with Gasteiger partial charge in [0.25, 0.3) is 0 Å². The SMILES string of the molecule is CC(C)(C)OC(=O)NCCn1c2c(c3cc(Cl)c(Cl)cc31)C=CC(NC1C=CC(Cl)=CC1)C2. The number of ether oxygens (including phenoxy) is 1. The number of benzene rings is 1. The fourth-order valence-corrected chi connectivity index (χ4v) is 4.75. The number of fused-ring (bicyclic) bond motifs is 3. The third-order valence-electron chi connectivity index (χ3n) is 5.65. The predicted octanol–water partition coefficient (Wildman–Crippen LogP) is 6.45. The minimum Gasteiger partial charge on any atom is -0.444 e. The first-order valence-electron chi connectivity index (χ1n) is 11.1. The number of aromatic nitrogens is 1. The van der Waals surface area contributed by atoms with E-state index in [0.717, 1.165) is 34.3 Å². The molecule has 1 amide bonds. The van der Waals surface area contributed by atoms with E-state index in [9.17, 15) is 4.79 Å². The third-order valence-corrected chi connectivity index (χ3v) is 6.65. The van der Waals surface area contributed by atoms with Crippen LogP contribution in [-0.4, -0.2) is 34.9 Å². The molecule has 1 aromatic heterocycles. The number of carbonyl (C=O) groups is 1. The van der Waals surface area contributed by atoms with Crippen molar-refractivity contribution in [2.45, 2.75) is 57.8 Å². The molecule has 2 aliphatic rings. The van der Waals surface area contributed by atoms with E-state index in [4.69, 9.17) is 39.5 Å². The first-order chi connectivity index (χ1) is 15.6. The first-order valence-corrected chi connectivity index (χ1v) is 12.2. The van der Waals surface area contributed by atoms with Crippen LogP contribution in [0.2, 0.25) is 10.0 Å². The van der Waals surface area contributed by atoms with E-state index < -0.39 is 11.7 Å². The van der Waals surface area contributed by atoms with Gasteiger partial charge in [0.2, 0.25) is 0 Å². The van der Waals surface area contributed by atoms with E-state index in [0.29, 0.717) is 23.1 Å². The van der Waals surface area contributed by atoms with Crippen molar-refractivity contribution < 1.29 is 9.53 Å². The van der Waals surface area contributed by atoms with E-state index in [2.05, 4.69) is 33.4 Å². The number of allylic oxidation sites excluding steroid dienone is 2. The van der Waals surface area contributed by atoms with Gasteiger partial charge in [0.05, 0.1) is 15.6 Å². The molecule has 1 aromatic carbocycles. The Morgan fingerprint density at radius 2 is 1.85 bits per heavy atom. The highest BCUT2D eigenvalue weighted by atomic mass is 35.5. The van der Waals surface area contributed by atoms with Crippen LogP contribution in [0.3, 0.4) is 0 Å². The molecule has 5 nitrogen and oxygen atoms in total. The van der Waals surface area contributed by atoms with Crippen molar-refractivity contribution in [3.63, 3.8) is 0 Å². The second-order valence-corrected chi connectivity index (χ2v) is 10.6. The molecule has 2 aliphatic carbocycles. The highest BCUT2D eigenvalue weighted by Gasteiger charge is 2.24. The normalized spacial score (nSPS) is 20.0. The van der Waals surface area contributed by atoms with Gasteiger partial charge in [0.1, 0.15) is 5.60 Å². The number of rotatable bonds is 5. The zero-order valence-corrected chi connectivity index (χ0v) is 21.2. The topological polar surface area (TPSA) is 55.3 Å². The minimum absolute atomic E-state index is 0.172. The quantitative estimate of drug-likeness (QED) is 0.488. The van der Waals surface area contributed by atoms with Crippen LogP contribution in [0, 0.1) is 0 Å². The summed E-state index contributed by atoms with van der Waals surface area (Å²) >= 11 is 18.8. The molecule has 33 heavy (non-hydrogen) atoms. The van der Waals surface area contributed by atoms with Crippen molar-refractivity contribution in [2.75, 3.05) is 6.54 Å². The van der Waals surface area contributed by atoms with Crippen LogP contribution >= 0.6 is 34.8 Å². The van der Waals surface area contributed by atoms with Crippen LogP contribution in [0.15, 0.2) is 41.5 Å². The highest BCUT2D eigenvalue weighted by Crippen LogP contribution is 2.36. The number of alkyl carbamates (subject to hydrolysis) is 1. The lowest BCUT2D eigenvalue weighted by Gasteiger charge is -2.26. The Kier molecular flexibility index (Phi) is 7.15. The number of hydrogen-bond acceptors (Lipinski definition) is 3. The molecule has 0 spiro atoms. The van der Waals surface area contributed by atoms with E-state index in [-0.39, 0.29) is 12.1 Å². The standard InChI is InChI=1S/C25H28Cl3N3O2/c1-25(2,3)33-24(32)29-10-11-31-22-12-17(30-16-6-4-15(26)5-7-16)8-9-18(22)19-13-20(27)21(28)14-23(19)31/h4-6,8-9,13-14,16-17,30H,7,10-12H2,1-3H3,(H,29,32). The molecular formula is C25H28Cl3N3O2. The first kappa shape index (κ1) is 24.2. The molecule has 0 aliphatic heterocycles. The van der Waals surface area contributed by atoms with Crippen LogP contribution in [0.1, 0.15) is 38.4 Å². The van der Waals surface area contributed by atoms with Crippen molar-refractivity contribution >= 4 is 57.9 Å². The van der Waals surface area contributed by atoms with Gasteiger partial charge in [-0.2, -0.15) is 0 Å². The summed E-state index contributed by atoms with van der Waals surface area (Å²) in [5.74, 6) is 0. The third kappa shape index (κ3) is 5.78. The Bertz CT molecular complexity index is 1160. The molecule has 2 N–H and O–H groups in total. The molecule has 0 radical (unpaired) electrons. The van der Waals surface area contributed by atoms with Crippen molar-refractivity contribution in [1.29, 1.82) is 0 Å². The number of nitrogens with zero attached hydrogens (tertiary/aromatic N) is 1. The average Bonchev–Trinajstić information content (AvgIpc) is 3.01. The monoisotopic (exact) mass is 507 g/mol. The summed E-state index contributed by atoms with van der Waals surface area (Å²) in [7, 11) is 0. The number of nitrogens with one attached hydrogen (secondary N) is 2. The predicted molar refractivity (Wildman–Crippen MR) is 137 cm³/mol. The van der Waals surface area contributed by atoms with E-state index >= 15 is 0 Å². The van der Waals surface area contributed by atoms with E-state index in [1.54, 1.807) is 0 Å². The maximum atomic E-state index is 12.1. The molecule has 2 unspecified atom stereocenters. The van der Waals surface area contributed by atoms with E-state index in [1.807, 2.05) is 45.1 Å². The molecule has 2 aromatic rings. The van der Waals surface area contributed by atoms with Crippen LogP contribution in [0.5, 0.6) is 0 Å². The van der Waals surface area contributed by atoms with Crippen molar-refractivity contribution in [3.8, 4) is 0 Å². The molecule has 4 rings (SSSR count). The largest absolute Gasteiger partial charge is 0.444 e. The van der Waals surface area contributed by atoms with Crippen molar-refractivity contribution in [2.24, 2.45) is 0 Å². The molecule has 8 heteroatoms. The van der Waals surface area contributed by atoms with Gasteiger partial charge in [-0.15, -0.1) is 0 Å². The molecule has 0 fully saturated rings. The Morgan fingerprint density at radius 1 is 1.12 bits per heavy atom. The molecular weight excluding hydrogens is 481 g/mol. The van der Waals surface area contributed by atoms with Gasteiger partial charge in [-0.3, -0.25) is 0 Å². The molecule has 2 atom stereocenters. The summed E-state index contributed by atoms with van der Waals surface area (Å²) in [5.41, 5.74) is 2.78. The number of halogens is 3. The Balaban J connectivity index is 1.56. The number of hydrogen-bond donors (Lipinski definition) is 2. The van der Waals surface area contributed by atoms with E-state index in [1.165, 1.54) is 5.69 Å². The number of amides is 1. The molecule has 176 valence electrons. The lowest BCUT2D eigenvalue weighted by molar-refractivity contribution is 0.0526. The average molecular weight is 509 g/mol. The lowest BCUT2D eigenvalue weighted by atomic mass is 9.97. The van der Waals surface area contributed by atoms with Gasteiger partial charge in [0, 0.05) is 53.3 Å². The summed E-state index contributed by atoms with van der Waals surface area (Å²) in [4.78, 5) is 12.1. The Hall–Kier alpha value is -1.92. The zero-order valence-electron chi connectivity index (χ0n) is 18.9. The van der Waals surface area contributed by atoms with Crippen molar-refractivity contribution in [3.05, 3.63) is 62.8 Å². The second-order valence-electron chi connectivity index (χ2n) is 9.35. The Morgan fingerprint density at radius 3 is 2.55 bits per heavy atom. The molecule has 0 bridgehead atoms. The van der Waals surface area contributed by atoms with Crippen molar-refractivity contribution in [1.82, 2.24) is 15.2 Å². The maximum absolute atomic E-state index is 12.1. The second kappa shape index (κ2) is 9.75. The molecule has 0 saturated carbocycles. The van der Waals surface area contributed by atoms with Gasteiger partial charge in [0.15, 0.2) is 0 Å². The van der Waals surface area contributed by atoms with Gasteiger partial charge < -0.3 is 19.9 Å². The van der Waals surface area contributed by atoms with Gasteiger partial charge in [-0.1, -0.05) is 59.1 Å². The van der Waals surface area contributed by atoms with Crippen LogP contribution in [0.25, 0.3) is 17.0 Å². The minimum atomic E-state index is -0.537. The molecule has 1 heterocycles. The highest BCUT2D eigenvalue weighted by molar-refractivity contribution is 6.42. The van der Waals surface area contributed by atoms with Crippen LogP contribution < -0.4 is 10.6 Å². The summed E-state index contributed by atoms with van der Waals surface area (Å²) in [6, 6.07) is 4.23. The van der Waals surface area contributed by atoms with Gasteiger partial charge in [-0.05, 0) is 45.4 Å². The smallest absolute Gasteiger partial charge is 0.407 e. The Labute approximate surface area is 209 Å². The van der Waals surface area contributed by atoms with Crippen LogP contribution in [-0.2, 0) is 17.7 Å².